The molecule has 112 valence electrons. The minimum absolute atomic E-state index is 0.303. The van der Waals surface area contributed by atoms with Gasteiger partial charge in [-0.1, -0.05) is 0 Å². The Morgan fingerprint density at radius 1 is 1.35 bits per heavy atom. The van der Waals surface area contributed by atoms with Crippen molar-refractivity contribution in [3.8, 4) is 5.88 Å². The second kappa shape index (κ2) is 5.04. The molecule has 2 fully saturated rings. The van der Waals surface area contributed by atoms with Crippen LogP contribution in [0.4, 0.5) is 0 Å². The zero-order valence-corrected chi connectivity index (χ0v) is 12.5. The molecule has 4 atom stereocenters. The van der Waals surface area contributed by atoms with Crippen LogP contribution in [0.3, 0.4) is 0 Å². The van der Waals surface area contributed by atoms with E-state index in [1.807, 2.05) is 20.8 Å². The lowest BCUT2D eigenvalue weighted by atomic mass is 9.98. The van der Waals surface area contributed by atoms with Crippen molar-refractivity contribution in [1.29, 1.82) is 0 Å². The predicted octanol–water partition coefficient (Wildman–Crippen LogP) is 2.71. The molecule has 2 bridgehead atoms. The summed E-state index contributed by atoms with van der Waals surface area (Å²) in [6, 6.07) is 1.79. The Bertz CT molecular complexity index is 466. The smallest absolute Gasteiger partial charge is 0.257 e. The summed E-state index contributed by atoms with van der Waals surface area (Å²) >= 11 is 0. The number of rotatable bonds is 4. The highest BCUT2D eigenvalue weighted by Gasteiger charge is 2.41. The van der Waals surface area contributed by atoms with Gasteiger partial charge in [0.1, 0.15) is 6.10 Å². The fraction of sp³-hybridized carbons (Fsp3) is 0.800. The van der Waals surface area contributed by atoms with Crippen molar-refractivity contribution in [2.75, 3.05) is 0 Å². The van der Waals surface area contributed by atoms with Gasteiger partial charge in [0.25, 0.3) is 6.41 Å². The minimum Gasteiger partial charge on any atom is -0.473 e. The van der Waals surface area contributed by atoms with E-state index < -0.39 is 12.0 Å². The van der Waals surface area contributed by atoms with Gasteiger partial charge in [0.15, 0.2) is 0 Å². The highest BCUT2D eigenvalue weighted by atomic mass is 16.6. The molecule has 0 radical (unpaired) electrons. The fourth-order valence-electron chi connectivity index (χ4n) is 3.36. The van der Waals surface area contributed by atoms with E-state index in [0.717, 1.165) is 12.3 Å². The Kier molecular flexibility index (Phi) is 3.50. The van der Waals surface area contributed by atoms with Crippen molar-refractivity contribution in [2.45, 2.75) is 64.6 Å². The molecule has 1 aromatic heterocycles. The molecule has 2 saturated carbocycles. The van der Waals surface area contributed by atoms with Gasteiger partial charge in [-0.2, -0.15) is 0 Å². The van der Waals surface area contributed by atoms with Gasteiger partial charge in [0, 0.05) is 12.3 Å². The van der Waals surface area contributed by atoms with Crippen LogP contribution in [0.5, 0.6) is 5.88 Å². The first-order valence-electron chi connectivity index (χ1n) is 7.48. The Hall–Kier alpha value is -1.07. The van der Waals surface area contributed by atoms with E-state index in [2.05, 4.69) is 5.10 Å². The highest BCUT2D eigenvalue weighted by molar-refractivity contribution is 5.08. The third kappa shape index (κ3) is 2.99. The van der Waals surface area contributed by atoms with Crippen LogP contribution in [0.1, 0.15) is 52.9 Å². The molecular formula is C15H24N2O3. The molecule has 1 aromatic rings. The third-order valence-electron chi connectivity index (χ3n) is 4.21. The number of nitrogens with zero attached hydrogens (tertiary/aromatic N) is 2. The number of ether oxygens (including phenoxy) is 2. The lowest BCUT2D eigenvalue weighted by Gasteiger charge is -2.24. The van der Waals surface area contributed by atoms with Gasteiger partial charge in [0.2, 0.25) is 5.88 Å². The molecule has 5 heteroatoms. The summed E-state index contributed by atoms with van der Waals surface area (Å²) in [6.45, 7) is 5.69. The number of aliphatic hydroxyl groups is 1. The largest absolute Gasteiger partial charge is 0.473 e. The predicted molar refractivity (Wildman–Crippen MR) is 74.2 cm³/mol. The second-order valence-corrected chi connectivity index (χ2v) is 7.02. The Labute approximate surface area is 119 Å². The van der Waals surface area contributed by atoms with Crippen LogP contribution in [-0.4, -0.2) is 26.6 Å². The monoisotopic (exact) mass is 280 g/mol. The summed E-state index contributed by atoms with van der Waals surface area (Å²) in [7, 11) is 0. The van der Waals surface area contributed by atoms with Crippen LogP contribution in [-0.2, 0) is 4.74 Å². The first-order chi connectivity index (χ1) is 9.40. The van der Waals surface area contributed by atoms with Gasteiger partial charge in [-0.25, -0.2) is 4.68 Å². The van der Waals surface area contributed by atoms with Crippen LogP contribution in [0.25, 0.3) is 0 Å². The normalized spacial score (nSPS) is 30.7. The van der Waals surface area contributed by atoms with E-state index in [-0.39, 0.29) is 0 Å². The number of aromatic nitrogens is 2. The van der Waals surface area contributed by atoms with Crippen molar-refractivity contribution in [1.82, 2.24) is 9.78 Å². The van der Waals surface area contributed by atoms with Gasteiger partial charge < -0.3 is 14.6 Å². The number of hydrogen-bond donors (Lipinski definition) is 1. The summed E-state index contributed by atoms with van der Waals surface area (Å²) < 4.78 is 12.8. The standard InChI is InChI=1S/C15H24N2O3/c1-15(2,3)20-14(18)17-7-6-13(16-17)19-12-9-10-4-5-11(12)8-10/h6-7,10-12,14,18H,4-5,8-9H2,1-3H3/t10-,11+,12-,14?/m0/s1. The number of hydrogen-bond acceptors (Lipinski definition) is 4. The molecule has 0 aliphatic heterocycles. The maximum Gasteiger partial charge on any atom is 0.257 e. The van der Waals surface area contributed by atoms with Crippen molar-refractivity contribution in [2.24, 2.45) is 11.8 Å². The molecule has 0 aromatic carbocycles. The first kappa shape index (κ1) is 13.9. The van der Waals surface area contributed by atoms with E-state index in [1.165, 1.54) is 23.9 Å². The van der Waals surface area contributed by atoms with Crippen LogP contribution < -0.4 is 4.74 Å². The van der Waals surface area contributed by atoms with Crippen LogP contribution in [0.15, 0.2) is 12.3 Å². The summed E-state index contributed by atoms with van der Waals surface area (Å²) in [4.78, 5) is 0. The Morgan fingerprint density at radius 2 is 2.15 bits per heavy atom. The molecule has 5 nitrogen and oxygen atoms in total. The quantitative estimate of drug-likeness (QED) is 0.862. The maximum absolute atomic E-state index is 9.96. The lowest BCUT2D eigenvalue weighted by molar-refractivity contribution is -0.215. The average molecular weight is 280 g/mol. The maximum atomic E-state index is 9.96. The third-order valence-corrected chi connectivity index (χ3v) is 4.21. The Balaban J connectivity index is 1.59. The molecular weight excluding hydrogens is 256 g/mol. The van der Waals surface area contributed by atoms with Crippen LogP contribution in [0.2, 0.25) is 0 Å². The van der Waals surface area contributed by atoms with E-state index in [0.29, 0.717) is 17.9 Å². The van der Waals surface area contributed by atoms with E-state index >= 15 is 0 Å². The van der Waals surface area contributed by atoms with Gasteiger partial charge in [-0.3, -0.25) is 0 Å². The SMILES string of the molecule is CC(C)(C)OC(O)n1ccc(O[C@H]2C[C@H]3CC[C@@H]2C3)n1. The van der Waals surface area contributed by atoms with Gasteiger partial charge in [-0.05, 0) is 58.3 Å². The average Bonchev–Trinajstić information content (AvgIpc) is 3.01. The molecule has 2 aliphatic carbocycles. The molecule has 3 rings (SSSR count). The molecule has 0 spiro atoms. The summed E-state index contributed by atoms with van der Waals surface area (Å²) in [5.74, 6) is 2.13. The summed E-state index contributed by atoms with van der Waals surface area (Å²) in [6.07, 6.45) is 6.02. The minimum atomic E-state index is -1.08. The van der Waals surface area contributed by atoms with Crippen molar-refractivity contribution in [3.05, 3.63) is 12.3 Å². The van der Waals surface area contributed by atoms with Gasteiger partial charge in [-0.15, -0.1) is 5.10 Å². The van der Waals surface area contributed by atoms with Gasteiger partial charge >= 0.3 is 0 Å². The first-order valence-corrected chi connectivity index (χ1v) is 7.48. The van der Waals surface area contributed by atoms with E-state index in [9.17, 15) is 5.11 Å². The molecule has 0 saturated heterocycles. The molecule has 2 aliphatic rings. The van der Waals surface area contributed by atoms with Gasteiger partial charge in [0.05, 0.1) is 5.60 Å². The zero-order valence-electron chi connectivity index (χ0n) is 12.5. The zero-order chi connectivity index (χ0) is 14.3. The van der Waals surface area contributed by atoms with Crippen molar-refractivity contribution >= 4 is 0 Å². The number of fused-ring (bicyclic) bond motifs is 2. The second-order valence-electron chi connectivity index (χ2n) is 7.02. The highest BCUT2D eigenvalue weighted by Crippen LogP contribution is 2.45. The Morgan fingerprint density at radius 3 is 2.75 bits per heavy atom. The summed E-state index contributed by atoms with van der Waals surface area (Å²) in [5.41, 5.74) is -0.420. The van der Waals surface area contributed by atoms with E-state index in [4.69, 9.17) is 9.47 Å². The molecule has 0 amide bonds. The molecule has 20 heavy (non-hydrogen) atoms. The van der Waals surface area contributed by atoms with Crippen LogP contribution in [0, 0.1) is 11.8 Å². The molecule has 1 unspecified atom stereocenters. The lowest BCUT2D eigenvalue weighted by Crippen LogP contribution is -2.26. The van der Waals surface area contributed by atoms with Crippen molar-refractivity contribution < 1.29 is 14.6 Å². The summed E-state index contributed by atoms with van der Waals surface area (Å²) in [5, 5.41) is 14.2. The van der Waals surface area contributed by atoms with E-state index in [1.54, 1.807) is 12.3 Å². The molecule has 1 N–H and O–H groups in total. The number of aliphatic hydroxyl groups excluding tert-OH is 1. The van der Waals surface area contributed by atoms with Crippen LogP contribution >= 0.6 is 0 Å². The van der Waals surface area contributed by atoms with Crippen molar-refractivity contribution in [3.63, 3.8) is 0 Å². The fourth-order valence-corrected chi connectivity index (χ4v) is 3.36. The topological polar surface area (TPSA) is 56.5 Å². The molecule has 1 heterocycles.